The minimum Gasteiger partial charge on any atom is -0.472 e. The van der Waals surface area contributed by atoms with E-state index in [0.29, 0.717) is 19.3 Å². The Morgan fingerprint density at radius 2 is 1.71 bits per heavy atom. The lowest BCUT2D eigenvalue weighted by molar-refractivity contribution is -0.143. The number of amides is 4. The average Bonchev–Trinajstić information content (AvgIpc) is 3.94. The smallest absolute Gasteiger partial charge is 0.417 e. The van der Waals surface area contributed by atoms with Crippen LogP contribution in [0.1, 0.15) is 86.1 Å². The summed E-state index contributed by atoms with van der Waals surface area (Å²) in [4.78, 5) is 60.3. The molecule has 3 aliphatic rings. The van der Waals surface area contributed by atoms with Crippen molar-refractivity contribution in [3.63, 3.8) is 0 Å². The van der Waals surface area contributed by atoms with E-state index in [1.165, 1.54) is 29.3 Å². The van der Waals surface area contributed by atoms with Crippen molar-refractivity contribution in [2.45, 2.75) is 121 Å². The molecule has 0 radical (unpaired) electrons. The third-order valence-electron chi connectivity index (χ3n) is 9.52. The molecule has 13 nitrogen and oxygen atoms in total. The summed E-state index contributed by atoms with van der Waals surface area (Å²) in [5.74, 6) is -2.81. The van der Waals surface area contributed by atoms with Crippen LogP contribution in [-0.4, -0.2) is 83.2 Å². The molecule has 4 amide bonds. The lowest BCUT2D eigenvalue weighted by Gasteiger charge is -2.36. The zero-order valence-corrected chi connectivity index (χ0v) is 31.0. The number of nitrogens with zero attached hydrogens (tertiary/aromatic N) is 2. The number of carbonyl (C=O) groups excluding carboxylic acids is 4. The summed E-state index contributed by atoms with van der Waals surface area (Å²) in [5.41, 5.74) is -4.21. The Bertz CT molecular complexity index is 1850. The zero-order chi connectivity index (χ0) is 38.6. The molecule has 52 heavy (non-hydrogen) atoms. The molecule has 5 rings (SSSR count). The van der Waals surface area contributed by atoms with Crippen LogP contribution in [0.3, 0.4) is 0 Å². The molecule has 0 bridgehead atoms. The Hall–Kier alpha value is -4.15. The van der Waals surface area contributed by atoms with E-state index < -0.39 is 85.6 Å². The van der Waals surface area contributed by atoms with Crippen LogP contribution in [0.15, 0.2) is 30.5 Å². The second-order valence-corrected chi connectivity index (χ2v) is 17.8. The molecular weight excluding hydrogens is 707 g/mol. The highest BCUT2D eigenvalue weighted by atomic mass is 32.2. The third kappa shape index (κ3) is 8.39. The molecule has 2 aliphatic carbocycles. The van der Waals surface area contributed by atoms with E-state index in [9.17, 15) is 40.8 Å². The molecule has 3 fully saturated rings. The van der Waals surface area contributed by atoms with Crippen LogP contribution in [0.4, 0.5) is 18.0 Å². The highest BCUT2D eigenvalue weighted by Crippen LogP contribution is 2.47. The number of benzene rings is 1. The Kier molecular flexibility index (Phi) is 10.3. The van der Waals surface area contributed by atoms with Crippen molar-refractivity contribution in [3.8, 4) is 5.88 Å². The summed E-state index contributed by atoms with van der Waals surface area (Å²) < 4.78 is 80.5. The molecule has 1 saturated heterocycles. The van der Waals surface area contributed by atoms with Gasteiger partial charge in [0.1, 0.15) is 29.3 Å². The van der Waals surface area contributed by atoms with Crippen molar-refractivity contribution >= 4 is 44.6 Å². The van der Waals surface area contributed by atoms with Gasteiger partial charge in [0.2, 0.25) is 27.7 Å². The lowest BCUT2D eigenvalue weighted by atomic mass is 9.85. The minimum atomic E-state index is -4.65. The number of hydrogen-bond acceptors (Lipinski definition) is 9. The maximum Gasteiger partial charge on any atom is 0.417 e. The second-order valence-electron chi connectivity index (χ2n) is 15.9. The van der Waals surface area contributed by atoms with Gasteiger partial charge in [-0.3, -0.25) is 19.1 Å². The van der Waals surface area contributed by atoms with E-state index >= 15 is 0 Å². The molecular formula is C35H46F3N5O8S. The van der Waals surface area contributed by atoms with Crippen molar-refractivity contribution in [3.05, 3.63) is 36.0 Å². The number of nitrogens with one attached hydrogen (secondary N) is 3. The summed E-state index contributed by atoms with van der Waals surface area (Å²) in [6, 6.07) is 2.31. The number of likely N-dealkylation sites (tertiary alicyclic amines) is 1. The summed E-state index contributed by atoms with van der Waals surface area (Å²) in [6.45, 7) is 11.7. The fraction of sp³-hybridized carbons (Fsp3) is 0.629. The molecule has 1 aromatic heterocycles. The van der Waals surface area contributed by atoms with Gasteiger partial charge in [-0.15, -0.1) is 0 Å². The fourth-order valence-corrected chi connectivity index (χ4v) is 7.95. The molecule has 3 N–H and O–H groups in total. The number of rotatable bonds is 10. The van der Waals surface area contributed by atoms with Crippen LogP contribution in [-0.2, 0) is 35.3 Å². The van der Waals surface area contributed by atoms with Crippen molar-refractivity contribution < 1.29 is 50.2 Å². The van der Waals surface area contributed by atoms with Crippen molar-refractivity contribution in [1.82, 2.24) is 25.2 Å². The maximum absolute atomic E-state index is 14.4. The summed E-state index contributed by atoms with van der Waals surface area (Å²) >= 11 is 0. The van der Waals surface area contributed by atoms with Crippen molar-refractivity contribution in [2.24, 2.45) is 11.3 Å². The van der Waals surface area contributed by atoms with Gasteiger partial charge in [-0.2, -0.15) is 13.2 Å². The van der Waals surface area contributed by atoms with Crippen LogP contribution in [0, 0.1) is 11.3 Å². The van der Waals surface area contributed by atoms with Crippen LogP contribution < -0.4 is 20.1 Å². The topological polar surface area (TPSA) is 173 Å². The number of sulfonamides is 1. The Labute approximate surface area is 300 Å². The second kappa shape index (κ2) is 13.7. The highest BCUT2D eigenvalue weighted by Gasteiger charge is 2.62. The van der Waals surface area contributed by atoms with Gasteiger partial charge >= 0.3 is 12.3 Å². The first-order chi connectivity index (χ1) is 24.0. The number of pyridine rings is 1. The van der Waals surface area contributed by atoms with E-state index in [1.54, 1.807) is 48.5 Å². The monoisotopic (exact) mass is 753 g/mol. The molecule has 17 heteroatoms. The number of ether oxygens (including phenoxy) is 2. The van der Waals surface area contributed by atoms with E-state index in [0.717, 1.165) is 6.07 Å². The van der Waals surface area contributed by atoms with Gasteiger partial charge in [0, 0.05) is 23.4 Å². The number of halogens is 3. The predicted molar refractivity (Wildman–Crippen MR) is 183 cm³/mol. The molecule has 0 spiro atoms. The number of alkyl carbamates (subject to hydrolysis) is 1. The SMILES string of the molecule is CC[C@@H]1C[C@]1(NC(=O)[C@@H]1C[C@@H](Oc2nccc3c(C(F)(F)F)cccc23)CN1C(=O)[C@@H](NC(=O)OC(C)(C)C)C(C)(C)C)C(=O)NS(=O)(=O)C1CC1. The van der Waals surface area contributed by atoms with Crippen molar-refractivity contribution in [2.75, 3.05) is 6.54 Å². The number of aromatic nitrogens is 1. The molecule has 2 aromatic rings. The first-order valence-corrected chi connectivity index (χ1v) is 18.8. The molecule has 2 heterocycles. The summed E-state index contributed by atoms with van der Waals surface area (Å²) in [6.07, 6.45) is -3.99. The van der Waals surface area contributed by atoms with Crippen LogP contribution >= 0.6 is 0 Å². The van der Waals surface area contributed by atoms with Gasteiger partial charge in [-0.25, -0.2) is 18.2 Å². The molecule has 1 aliphatic heterocycles. The number of alkyl halides is 3. The summed E-state index contributed by atoms with van der Waals surface area (Å²) in [7, 11) is -3.93. The summed E-state index contributed by atoms with van der Waals surface area (Å²) in [5, 5.41) is 4.61. The van der Waals surface area contributed by atoms with E-state index in [2.05, 4.69) is 20.3 Å². The highest BCUT2D eigenvalue weighted by molar-refractivity contribution is 7.91. The Morgan fingerprint density at radius 3 is 2.27 bits per heavy atom. The first-order valence-electron chi connectivity index (χ1n) is 17.3. The number of fused-ring (bicyclic) bond motifs is 1. The number of carbonyl (C=O) groups is 4. The fourth-order valence-electron chi connectivity index (χ4n) is 6.59. The van der Waals surface area contributed by atoms with Gasteiger partial charge in [0.15, 0.2) is 0 Å². The Morgan fingerprint density at radius 1 is 1.04 bits per heavy atom. The minimum absolute atomic E-state index is 0.0681. The molecule has 286 valence electrons. The largest absolute Gasteiger partial charge is 0.472 e. The zero-order valence-electron chi connectivity index (χ0n) is 30.2. The van der Waals surface area contributed by atoms with Crippen LogP contribution in [0.2, 0.25) is 0 Å². The van der Waals surface area contributed by atoms with E-state index in [4.69, 9.17) is 9.47 Å². The average molecular weight is 754 g/mol. The van der Waals surface area contributed by atoms with E-state index in [-0.39, 0.29) is 42.0 Å². The standard InChI is InChI=1S/C35H46F3N5O8S/c1-8-19-17-34(19,30(46)42-52(48,49)21-12-13-21)41-27(44)25-16-20(50-28-23-10-9-11-24(35(36,37)38)22(23)14-15-39-28)18-43(25)29(45)26(32(2,3)4)40-31(47)51-33(5,6)7/h9-11,14-15,19-21,25-26H,8,12-13,16-18H2,1-7H3,(H,40,47)(H,41,44)(H,42,46)/t19-,20-,25+,26-,34-/m1/s1. The predicted octanol–water partition coefficient (Wildman–Crippen LogP) is 4.43. The lowest BCUT2D eigenvalue weighted by Crippen LogP contribution is -2.60. The van der Waals surface area contributed by atoms with Gasteiger partial charge in [0.25, 0.3) is 5.91 Å². The van der Waals surface area contributed by atoms with Gasteiger partial charge in [0.05, 0.1) is 17.4 Å². The molecule has 5 atom stereocenters. The normalized spacial score (nSPS) is 24.2. The maximum atomic E-state index is 14.4. The van der Waals surface area contributed by atoms with Crippen LogP contribution in [0.5, 0.6) is 5.88 Å². The van der Waals surface area contributed by atoms with Gasteiger partial charge in [-0.05, 0) is 69.6 Å². The molecule has 0 unspecified atom stereocenters. The Balaban J connectivity index is 1.47. The first kappa shape index (κ1) is 39.1. The van der Waals surface area contributed by atoms with Crippen molar-refractivity contribution in [1.29, 1.82) is 0 Å². The van der Waals surface area contributed by atoms with E-state index in [1.807, 2.05) is 0 Å². The van der Waals surface area contributed by atoms with Gasteiger partial charge in [-0.1, -0.05) is 40.2 Å². The third-order valence-corrected chi connectivity index (χ3v) is 11.3. The number of hydrogen-bond donors (Lipinski definition) is 3. The van der Waals surface area contributed by atoms with Gasteiger partial charge < -0.3 is 25.0 Å². The molecule has 1 aromatic carbocycles. The molecule has 2 saturated carbocycles. The van der Waals surface area contributed by atoms with Crippen LogP contribution in [0.25, 0.3) is 10.8 Å². The quantitative estimate of drug-likeness (QED) is 0.317.